The highest BCUT2D eigenvalue weighted by atomic mass is 32.1. The van der Waals surface area contributed by atoms with Gasteiger partial charge < -0.3 is 9.80 Å². The zero-order chi connectivity index (χ0) is 17.6. The molecule has 2 saturated heterocycles. The highest BCUT2D eigenvalue weighted by molar-refractivity contribution is 7.22. The predicted octanol–water partition coefficient (Wildman–Crippen LogP) is 3.69. The van der Waals surface area contributed by atoms with Crippen LogP contribution in [0.1, 0.15) is 24.8 Å². The standard InChI is InChI=1S/C18H21F2N3OS/c1-12-3-2-4-14-15(12)21-17(25-14)23-8-5-13(11-23)16(24)22-9-6-18(19,20)7-10-22/h2-4,13H,5-11H2,1H3. The molecule has 1 unspecified atom stereocenters. The smallest absolute Gasteiger partial charge is 0.251 e. The maximum Gasteiger partial charge on any atom is 0.251 e. The van der Waals surface area contributed by atoms with Crippen molar-refractivity contribution in [3.05, 3.63) is 23.8 Å². The second-order valence-electron chi connectivity index (χ2n) is 7.03. The SMILES string of the molecule is Cc1cccc2sc(N3CCC(C(=O)N4CCC(F)(F)CC4)C3)nc12. The minimum atomic E-state index is -2.61. The van der Waals surface area contributed by atoms with Crippen LogP contribution < -0.4 is 4.90 Å². The minimum absolute atomic E-state index is 0.0234. The summed E-state index contributed by atoms with van der Waals surface area (Å²) in [5.74, 6) is -2.70. The molecule has 0 N–H and O–H groups in total. The van der Waals surface area contributed by atoms with E-state index in [1.54, 1.807) is 16.2 Å². The molecule has 4 rings (SSSR count). The van der Waals surface area contributed by atoms with Gasteiger partial charge in [-0.1, -0.05) is 23.5 Å². The Morgan fingerprint density at radius 2 is 2.04 bits per heavy atom. The summed E-state index contributed by atoms with van der Waals surface area (Å²) in [6.45, 7) is 3.81. The molecule has 25 heavy (non-hydrogen) atoms. The summed E-state index contributed by atoms with van der Waals surface area (Å²) in [5, 5.41) is 0.949. The molecule has 2 aliphatic rings. The van der Waals surface area contributed by atoms with E-state index in [1.165, 1.54) is 0 Å². The van der Waals surface area contributed by atoms with E-state index in [-0.39, 0.29) is 37.8 Å². The maximum atomic E-state index is 13.3. The highest BCUT2D eigenvalue weighted by Gasteiger charge is 2.39. The number of alkyl halides is 2. The number of halogens is 2. The van der Waals surface area contributed by atoms with Crippen LogP contribution in [0.2, 0.25) is 0 Å². The van der Waals surface area contributed by atoms with E-state index in [0.29, 0.717) is 6.54 Å². The molecular formula is C18H21F2N3OS. The second kappa shape index (κ2) is 6.20. The number of likely N-dealkylation sites (tertiary alicyclic amines) is 1. The average molecular weight is 365 g/mol. The number of aromatic nitrogens is 1. The molecule has 1 atom stereocenters. The van der Waals surface area contributed by atoms with Crippen molar-refractivity contribution in [3.63, 3.8) is 0 Å². The van der Waals surface area contributed by atoms with Gasteiger partial charge in [-0.2, -0.15) is 0 Å². The third-order valence-corrected chi connectivity index (χ3v) is 6.31. The molecule has 7 heteroatoms. The molecule has 1 aromatic carbocycles. The van der Waals surface area contributed by atoms with Crippen molar-refractivity contribution in [2.45, 2.75) is 32.1 Å². The molecule has 2 aromatic rings. The lowest BCUT2D eigenvalue weighted by Crippen LogP contribution is -2.45. The first-order valence-corrected chi connectivity index (χ1v) is 9.52. The first-order chi connectivity index (χ1) is 11.9. The monoisotopic (exact) mass is 365 g/mol. The number of fused-ring (bicyclic) bond motifs is 1. The summed E-state index contributed by atoms with van der Waals surface area (Å²) in [7, 11) is 0. The number of hydrogen-bond donors (Lipinski definition) is 0. The molecule has 0 spiro atoms. The predicted molar refractivity (Wildman–Crippen MR) is 95.4 cm³/mol. The lowest BCUT2D eigenvalue weighted by atomic mass is 10.0. The van der Waals surface area contributed by atoms with E-state index in [2.05, 4.69) is 11.0 Å². The Hall–Kier alpha value is -1.76. The van der Waals surface area contributed by atoms with Crippen LogP contribution in [0.15, 0.2) is 18.2 Å². The summed E-state index contributed by atoms with van der Waals surface area (Å²) >= 11 is 1.65. The number of benzene rings is 1. The number of thiazole rings is 1. The molecule has 1 amide bonds. The van der Waals surface area contributed by atoms with Gasteiger partial charge in [0.1, 0.15) is 0 Å². The number of hydrogen-bond acceptors (Lipinski definition) is 4. The fraction of sp³-hybridized carbons (Fsp3) is 0.556. The van der Waals surface area contributed by atoms with Crippen LogP contribution in [0.4, 0.5) is 13.9 Å². The van der Waals surface area contributed by atoms with E-state index >= 15 is 0 Å². The Kier molecular flexibility index (Phi) is 4.14. The molecule has 1 aromatic heterocycles. The number of rotatable bonds is 2. The molecular weight excluding hydrogens is 344 g/mol. The van der Waals surface area contributed by atoms with Gasteiger partial charge in [-0.3, -0.25) is 4.79 Å². The van der Waals surface area contributed by atoms with Crippen molar-refractivity contribution < 1.29 is 13.6 Å². The molecule has 2 fully saturated rings. The Morgan fingerprint density at radius 1 is 1.28 bits per heavy atom. The van der Waals surface area contributed by atoms with Crippen LogP contribution >= 0.6 is 11.3 Å². The number of nitrogens with zero attached hydrogens (tertiary/aromatic N) is 3. The van der Waals surface area contributed by atoms with E-state index in [1.807, 2.05) is 19.1 Å². The van der Waals surface area contributed by atoms with Gasteiger partial charge >= 0.3 is 0 Å². The van der Waals surface area contributed by atoms with Crippen LogP contribution in [0.25, 0.3) is 10.2 Å². The van der Waals surface area contributed by atoms with Crippen molar-refractivity contribution in [2.75, 3.05) is 31.1 Å². The number of piperidine rings is 1. The van der Waals surface area contributed by atoms with Gasteiger partial charge in [-0.15, -0.1) is 0 Å². The number of carbonyl (C=O) groups excluding carboxylic acids is 1. The number of para-hydroxylation sites is 1. The van der Waals surface area contributed by atoms with Crippen LogP contribution in [-0.2, 0) is 4.79 Å². The summed E-state index contributed by atoms with van der Waals surface area (Å²) < 4.78 is 27.7. The highest BCUT2D eigenvalue weighted by Crippen LogP contribution is 2.34. The van der Waals surface area contributed by atoms with Gasteiger partial charge in [0.25, 0.3) is 5.92 Å². The number of aryl methyl sites for hydroxylation is 1. The average Bonchev–Trinajstić information content (AvgIpc) is 3.21. The van der Waals surface area contributed by atoms with Gasteiger partial charge in [0.05, 0.1) is 16.1 Å². The van der Waals surface area contributed by atoms with Crippen molar-refractivity contribution in [2.24, 2.45) is 5.92 Å². The van der Waals surface area contributed by atoms with Crippen LogP contribution in [-0.4, -0.2) is 47.9 Å². The lowest BCUT2D eigenvalue weighted by Gasteiger charge is -2.33. The second-order valence-corrected chi connectivity index (χ2v) is 8.04. The van der Waals surface area contributed by atoms with Crippen LogP contribution in [0, 0.1) is 12.8 Å². The fourth-order valence-electron chi connectivity index (χ4n) is 3.66. The quantitative estimate of drug-likeness (QED) is 0.814. The van der Waals surface area contributed by atoms with Crippen LogP contribution in [0.3, 0.4) is 0 Å². The number of carbonyl (C=O) groups is 1. The zero-order valence-corrected chi connectivity index (χ0v) is 15.0. The summed E-state index contributed by atoms with van der Waals surface area (Å²) in [4.78, 5) is 21.2. The Morgan fingerprint density at radius 3 is 2.76 bits per heavy atom. The van der Waals surface area contributed by atoms with Crippen molar-refractivity contribution >= 4 is 32.6 Å². The zero-order valence-electron chi connectivity index (χ0n) is 14.2. The van der Waals surface area contributed by atoms with E-state index < -0.39 is 5.92 Å². The molecule has 2 aliphatic heterocycles. The Balaban J connectivity index is 1.44. The largest absolute Gasteiger partial charge is 0.347 e. The van der Waals surface area contributed by atoms with Gasteiger partial charge in [0.15, 0.2) is 5.13 Å². The van der Waals surface area contributed by atoms with Crippen molar-refractivity contribution in [3.8, 4) is 0 Å². The third-order valence-electron chi connectivity index (χ3n) is 5.22. The van der Waals surface area contributed by atoms with Crippen molar-refractivity contribution in [1.29, 1.82) is 0 Å². The topological polar surface area (TPSA) is 36.4 Å². The first-order valence-electron chi connectivity index (χ1n) is 8.71. The maximum absolute atomic E-state index is 13.3. The van der Waals surface area contributed by atoms with Crippen LogP contribution in [0.5, 0.6) is 0 Å². The number of anilines is 1. The fourth-order valence-corrected chi connectivity index (χ4v) is 4.74. The molecule has 0 aliphatic carbocycles. The van der Waals surface area contributed by atoms with Gasteiger partial charge in [-0.25, -0.2) is 13.8 Å². The summed E-state index contributed by atoms with van der Waals surface area (Å²) in [5.41, 5.74) is 2.18. The van der Waals surface area contributed by atoms with Crippen molar-refractivity contribution in [1.82, 2.24) is 9.88 Å². The third kappa shape index (κ3) is 3.21. The molecule has 0 radical (unpaired) electrons. The molecule has 134 valence electrons. The first kappa shape index (κ1) is 16.7. The molecule has 0 saturated carbocycles. The molecule has 3 heterocycles. The summed E-state index contributed by atoms with van der Waals surface area (Å²) in [6.07, 6.45) is 0.333. The van der Waals surface area contributed by atoms with Gasteiger partial charge in [0, 0.05) is 39.0 Å². The molecule has 4 nitrogen and oxygen atoms in total. The van der Waals surface area contributed by atoms with E-state index in [4.69, 9.17) is 4.98 Å². The Labute approximate surface area is 149 Å². The normalized spacial score (nSPS) is 23.4. The number of amides is 1. The minimum Gasteiger partial charge on any atom is -0.347 e. The Bertz CT molecular complexity index is 797. The summed E-state index contributed by atoms with van der Waals surface area (Å²) in [6, 6.07) is 6.15. The molecule has 0 bridgehead atoms. The lowest BCUT2D eigenvalue weighted by molar-refractivity contribution is -0.140. The van der Waals surface area contributed by atoms with E-state index in [0.717, 1.165) is 33.9 Å². The van der Waals surface area contributed by atoms with Gasteiger partial charge in [0.2, 0.25) is 5.91 Å². The van der Waals surface area contributed by atoms with E-state index in [9.17, 15) is 13.6 Å². The van der Waals surface area contributed by atoms with Gasteiger partial charge in [-0.05, 0) is 25.0 Å².